The molecule has 1 aliphatic heterocycles. The van der Waals surface area contributed by atoms with Crippen LogP contribution in [0, 0.1) is 5.82 Å². The summed E-state index contributed by atoms with van der Waals surface area (Å²) in [6, 6.07) is 10.7. The monoisotopic (exact) mass is 345 g/mol. The number of rotatable bonds is 4. The lowest BCUT2D eigenvalue weighted by Crippen LogP contribution is -2.32. The Bertz CT molecular complexity index is 763. The molecule has 6 heteroatoms. The lowest BCUT2D eigenvalue weighted by molar-refractivity contribution is 0.0712. The van der Waals surface area contributed by atoms with E-state index in [4.69, 9.17) is 9.47 Å². The van der Waals surface area contributed by atoms with Crippen molar-refractivity contribution < 1.29 is 23.8 Å². The van der Waals surface area contributed by atoms with Crippen molar-refractivity contribution in [3.8, 4) is 11.5 Å². The predicted molar refractivity (Wildman–Crippen MR) is 90.3 cm³/mol. The van der Waals surface area contributed by atoms with Crippen molar-refractivity contribution in [2.45, 2.75) is 18.6 Å². The molecule has 2 atom stereocenters. The summed E-state index contributed by atoms with van der Waals surface area (Å²) in [6.45, 7) is 0.218. The minimum absolute atomic E-state index is 0.218. The van der Waals surface area contributed by atoms with Crippen LogP contribution in [-0.2, 0) is 0 Å². The van der Waals surface area contributed by atoms with Crippen LogP contribution in [0.25, 0.3) is 0 Å². The van der Waals surface area contributed by atoms with E-state index in [1.165, 1.54) is 26.4 Å². The van der Waals surface area contributed by atoms with Gasteiger partial charge in [-0.15, -0.1) is 0 Å². The van der Waals surface area contributed by atoms with E-state index >= 15 is 0 Å². The van der Waals surface area contributed by atoms with E-state index in [2.05, 4.69) is 0 Å². The van der Waals surface area contributed by atoms with E-state index in [1.807, 2.05) is 0 Å². The van der Waals surface area contributed by atoms with Gasteiger partial charge >= 0.3 is 0 Å². The molecule has 0 saturated carbocycles. The fourth-order valence-corrected chi connectivity index (χ4v) is 3.17. The molecule has 1 heterocycles. The topological polar surface area (TPSA) is 59.0 Å². The van der Waals surface area contributed by atoms with Crippen LogP contribution in [0.3, 0.4) is 0 Å². The van der Waals surface area contributed by atoms with Gasteiger partial charge in [0.15, 0.2) is 0 Å². The third-order valence-corrected chi connectivity index (χ3v) is 4.43. The van der Waals surface area contributed by atoms with E-state index < -0.39 is 6.10 Å². The third kappa shape index (κ3) is 3.44. The Hall–Kier alpha value is -2.60. The number of benzene rings is 2. The fraction of sp³-hybridized carbons (Fsp3) is 0.316. The van der Waals surface area contributed by atoms with Crippen LogP contribution >= 0.6 is 0 Å². The molecular weight excluding hydrogens is 325 g/mol. The normalized spacial score (nSPS) is 19.8. The van der Waals surface area contributed by atoms with Gasteiger partial charge in [0, 0.05) is 12.6 Å². The first kappa shape index (κ1) is 17.2. The summed E-state index contributed by atoms with van der Waals surface area (Å²) in [6.07, 6.45) is -0.209. The van der Waals surface area contributed by atoms with E-state index in [1.54, 1.807) is 35.2 Å². The zero-order valence-corrected chi connectivity index (χ0v) is 14.1. The van der Waals surface area contributed by atoms with Crippen molar-refractivity contribution >= 4 is 5.91 Å². The van der Waals surface area contributed by atoms with Gasteiger partial charge in [0.25, 0.3) is 5.91 Å². The van der Waals surface area contributed by atoms with Crippen LogP contribution in [0.1, 0.15) is 28.4 Å². The molecule has 0 bridgehead atoms. The molecule has 1 amide bonds. The number of aliphatic hydroxyl groups excluding tert-OH is 1. The summed E-state index contributed by atoms with van der Waals surface area (Å²) < 4.78 is 23.7. The Balaban J connectivity index is 1.93. The van der Waals surface area contributed by atoms with Gasteiger partial charge in [-0.25, -0.2) is 4.39 Å². The summed E-state index contributed by atoms with van der Waals surface area (Å²) in [5.74, 6) is 0.413. The summed E-state index contributed by atoms with van der Waals surface area (Å²) in [5.41, 5.74) is 1.18. The average molecular weight is 345 g/mol. The van der Waals surface area contributed by atoms with E-state index in [-0.39, 0.29) is 24.3 Å². The van der Waals surface area contributed by atoms with Crippen molar-refractivity contribution in [2.75, 3.05) is 20.8 Å². The molecule has 1 N–H and O–H groups in total. The summed E-state index contributed by atoms with van der Waals surface area (Å²) in [5, 5.41) is 10.1. The van der Waals surface area contributed by atoms with Crippen LogP contribution in [-0.4, -0.2) is 42.8 Å². The maximum Gasteiger partial charge on any atom is 0.258 e. The number of halogens is 1. The molecule has 5 nitrogen and oxygen atoms in total. The van der Waals surface area contributed by atoms with Crippen LogP contribution in [0.4, 0.5) is 4.39 Å². The highest BCUT2D eigenvalue weighted by molar-refractivity contribution is 5.97. The molecule has 1 saturated heterocycles. The quantitative estimate of drug-likeness (QED) is 0.926. The van der Waals surface area contributed by atoms with Crippen molar-refractivity contribution in [3.63, 3.8) is 0 Å². The number of amides is 1. The molecular formula is C19H20FNO4. The number of hydrogen-bond acceptors (Lipinski definition) is 4. The van der Waals surface area contributed by atoms with Crippen LogP contribution < -0.4 is 9.47 Å². The second-order valence-electron chi connectivity index (χ2n) is 5.98. The summed E-state index contributed by atoms with van der Waals surface area (Å²) in [7, 11) is 3.03. The molecule has 0 radical (unpaired) electrons. The van der Waals surface area contributed by atoms with Gasteiger partial charge in [0.05, 0.1) is 31.9 Å². The number of nitrogens with zero attached hydrogens (tertiary/aromatic N) is 1. The van der Waals surface area contributed by atoms with E-state index in [0.717, 1.165) is 5.56 Å². The smallest absolute Gasteiger partial charge is 0.258 e. The lowest BCUT2D eigenvalue weighted by atomic mass is 10.0. The van der Waals surface area contributed by atoms with Crippen LogP contribution in [0.2, 0.25) is 0 Å². The zero-order valence-electron chi connectivity index (χ0n) is 14.1. The van der Waals surface area contributed by atoms with Crippen molar-refractivity contribution in [1.29, 1.82) is 0 Å². The number of carbonyl (C=O) groups is 1. The van der Waals surface area contributed by atoms with Gasteiger partial charge in [-0.05, 0) is 36.2 Å². The number of β-amino-alcohol motifs (C(OH)–C–C–N with tert-alkyl or cyclic N) is 1. The molecule has 1 aliphatic rings. The number of methoxy groups -OCH3 is 2. The number of carbonyl (C=O) groups excluding carboxylic acids is 1. The lowest BCUT2D eigenvalue weighted by Gasteiger charge is -2.25. The maximum atomic E-state index is 13.2. The highest BCUT2D eigenvalue weighted by Gasteiger charge is 2.36. The minimum atomic E-state index is -0.622. The largest absolute Gasteiger partial charge is 0.497 e. The standard InChI is InChI=1S/C19H20FNO4/c1-24-15-7-8-16(18(10-15)25-2)19(23)21-11-14(22)9-17(21)12-3-5-13(20)6-4-12/h3-8,10,14,17,22H,9,11H2,1-2H3/t14-,17-/m1/s1. The van der Waals surface area contributed by atoms with Gasteiger partial charge in [-0.1, -0.05) is 12.1 Å². The van der Waals surface area contributed by atoms with Gasteiger partial charge < -0.3 is 19.5 Å². The van der Waals surface area contributed by atoms with Crippen LogP contribution in [0.5, 0.6) is 11.5 Å². The average Bonchev–Trinajstić information content (AvgIpc) is 3.02. The molecule has 2 aromatic carbocycles. The van der Waals surface area contributed by atoms with Crippen molar-refractivity contribution in [2.24, 2.45) is 0 Å². The van der Waals surface area contributed by atoms with Gasteiger partial charge in [-0.2, -0.15) is 0 Å². The third-order valence-electron chi connectivity index (χ3n) is 4.43. The Morgan fingerprint density at radius 2 is 1.88 bits per heavy atom. The Kier molecular flexibility index (Phi) is 4.90. The molecule has 0 spiro atoms. The maximum absolute atomic E-state index is 13.2. The predicted octanol–water partition coefficient (Wildman–Crippen LogP) is 2.79. The summed E-state index contributed by atoms with van der Waals surface area (Å²) in [4.78, 5) is 14.6. The van der Waals surface area contributed by atoms with E-state index in [0.29, 0.717) is 23.5 Å². The number of aliphatic hydroxyl groups is 1. The highest BCUT2D eigenvalue weighted by Crippen LogP contribution is 2.35. The second kappa shape index (κ2) is 7.11. The Morgan fingerprint density at radius 1 is 1.16 bits per heavy atom. The Morgan fingerprint density at radius 3 is 2.52 bits per heavy atom. The molecule has 0 unspecified atom stereocenters. The molecule has 25 heavy (non-hydrogen) atoms. The zero-order chi connectivity index (χ0) is 18.0. The van der Waals surface area contributed by atoms with Gasteiger partial charge in [0.1, 0.15) is 17.3 Å². The first-order chi connectivity index (χ1) is 12.0. The van der Waals surface area contributed by atoms with Crippen LogP contribution in [0.15, 0.2) is 42.5 Å². The SMILES string of the molecule is COc1ccc(C(=O)N2C[C@H](O)C[C@@H]2c2ccc(F)cc2)c(OC)c1. The fourth-order valence-electron chi connectivity index (χ4n) is 3.17. The molecule has 0 aromatic heterocycles. The molecule has 1 fully saturated rings. The van der Waals surface area contributed by atoms with Gasteiger partial charge in [0.2, 0.25) is 0 Å². The number of hydrogen-bond donors (Lipinski definition) is 1. The van der Waals surface area contributed by atoms with Crippen molar-refractivity contribution in [1.82, 2.24) is 4.90 Å². The molecule has 2 aromatic rings. The minimum Gasteiger partial charge on any atom is -0.497 e. The van der Waals surface area contributed by atoms with Crippen molar-refractivity contribution in [3.05, 3.63) is 59.4 Å². The second-order valence-corrected chi connectivity index (χ2v) is 5.98. The van der Waals surface area contributed by atoms with E-state index in [9.17, 15) is 14.3 Å². The molecule has 0 aliphatic carbocycles. The number of likely N-dealkylation sites (tertiary alicyclic amines) is 1. The van der Waals surface area contributed by atoms with Gasteiger partial charge in [-0.3, -0.25) is 4.79 Å². The first-order valence-corrected chi connectivity index (χ1v) is 8.00. The first-order valence-electron chi connectivity index (χ1n) is 8.00. The molecule has 3 rings (SSSR count). The number of ether oxygens (including phenoxy) is 2. The molecule has 132 valence electrons. The summed E-state index contributed by atoms with van der Waals surface area (Å²) >= 11 is 0. The highest BCUT2D eigenvalue weighted by atomic mass is 19.1. The Labute approximate surface area is 145 Å².